The maximum absolute atomic E-state index is 13.7. The molecule has 13 heteroatoms. The third kappa shape index (κ3) is 5.43. The van der Waals surface area contributed by atoms with Crippen LogP contribution in [-0.4, -0.2) is 64.2 Å². The molecular weight excluding hydrogens is 510 g/mol. The van der Waals surface area contributed by atoms with Gasteiger partial charge in [0.25, 0.3) is 0 Å². The molecule has 4 aromatic rings. The molecule has 0 aliphatic heterocycles. The summed E-state index contributed by atoms with van der Waals surface area (Å²) in [5.74, 6) is 1.11. The fourth-order valence-electron chi connectivity index (χ4n) is 3.87. The number of pyridine rings is 1. The minimum Gasteiger partial charge on any atom is -0.494 e. The van der Waals surface area contributed by atoms with Gasteiger partial charge in [-0.2, -0.15) is 0 Å². The SMILES string of the molecule is CCO[C@H](c1cnc(C)cn1)[C@@H](C)S(=O)(=O)Nc1nnc(-c2cccnc2)n1-c1c(OC)cccc1OC. The van der Waals surface area contributed by atoms with Crippen LogP contribution in [0, 0.1) is 6.92 Å². The molecule has 0 radical (unpaired) electrons. The molecule has 1 aromatic carbocycles. The standard InChI is InChI=1S/C25H29N7O5S/c1-6-37-23(19-15-27-16(2)13-28-19)17(3)38(33,34)31-25-30-29-24(18-9-8-12-26-14-18)32(25)22-20(35-4)10-7-11-21(22)36-5/h7-15,17,23H,6H2,1-5H3,(H,30,31)/t17-,23+/m1/s1. The maximum atomic E-state index is 13.7. The van der Waals surface area contributed by atoms with Gasteiger partial charge < -0.3 is 14.2 Å². The van der Waals surface area contributed by atoms with Crippen LogP contribution in [-0.2, 0) is 14.8 Å². The van der Waals surface area contributed by atoms with Crippen LogP contribution in [0.3, 0.4) is 0 Å². The summed E-state index contributed by atoms with van der Waals surface area (Å²) in [6, 6.07) is 8.75. The lowest BCUT2D eigenvalue weighted by atomic mass is 10.2. The van der Waals surface area contributed by atoms with Gasteiger partial charge >= 0.3 is 0 Å². The Morgan fingerprint density at radius 2 is 1.74 bits per heavy atom. The van der Waals surface area contributed by atoms with E-state index in [-0.39, 0.29) is 12.6 Å². The summed E-state index contributed by atoms with van der Waals surface area (Å²) < 4.78 is 48.5. The summed E-state index contributed by atoms with van der Waals surface area (Å²) in [5.41, 5.74) is 2.13. The molecule has 3 heterocycles. The van der Waals surface area contributed by atoms with Crippen LogP contribution in [0.2, 0.25) is 0 Å². The fourth-order valence-corrected chi connectivity index (χ4v) is 4.99. The van der Waals surface area contributed by atoms with E-state index in [1.54, 1.807) is 62.8 Å². The molecule has 1 N–H and O–H groups in total. The molecule has 0 spiro atoms. The van der Waals surface area contributed by atoms with Gasteiger partial charge in [0.1, 0.15) is 28.5 Å². The van der Waals surface area contributed by atoms with E-state index in [4.69, 9.17) is 14.2 Å². The number of rotatable bonds is 11. The fraction of sp³-hybridized carbons (Fsp3) is 0.320. The molecule has 200 valence electrons. The number of hydrogen-bond acceptors (Lipinski definition) is 10. The zero-order valence-electron chi connectivity index (χ0n) is 21.7. The van der Waals surface area contributed by atoms with E-state index in [0.29, 0.717) is 40.0 Å². The molecule has 3 aromatic heterocycles. The highest BCUT2D eigenvalue weighted by atomic mass is 32.2. The number of hydrogen-bond donors (Lipinski definition) is 1. The largest absolute Gasteiger partial charge is 0.494 e. The van der Waals surface area contributed by atoms with Gasteiger partial charge in [-0.1, -0.05) is 6.07 Å². The Morgan fingerprint density at radius 3 is 2.32 bits per heavy atom. The predicted molar refractivity (Wildman–Crippen MR) is 141 cm³/mol. The number of para-hydroxylation sites is 1. The lowest BCUT2D eigenvalue weighted by Gasteiger charge is -2.24. The van der Waals surface area contributed by atoms with E-state index in [2.05, 4.69) is 29.9 Å². The summed E-state index contributed by atoms with van der Waals surface area (Å²) >= 11 is 0. The Morgan fingerprint density at radius 1 is 1.00 bits per heavy atom. The monoisotopic (exact) mass is 539 g/mol. The van der Waals surface area contributed by atoms with E-state index in [1.807, 2.05) is 0 Å². The van der Waals surface area contributed by atoms with E-state index >= 15 is 0 Å². The van der Waals surface area contributed by atoms with Gasteiger partial charge in [0.2, 0.25) is 16.0 Å². The van der Waals surface area contributed by atoms with Crippen molar-refractivity contribution in [2.24, 2.45) is 0 Å². The summed E-state index contributed by atoms with van der Waals surface area (Å²) in [6.45, 7) is 5.40. The van der Waals surface area contributed by atoms with Gasteiger partial charge in [0.05, 0.1) is 31.8 Å². The Labute approximate surface area is 221 Å². The first-order valence-electron chi connectivity index (χ1n) is 11.8. The minimum absolute atomic E-state index is 0.0660. The average Bonchev–Trinajstić information content (AvgIpc) is 3.34. The Balaban J connectivity index is 1.83. The van der Waals surface area contributed by atoms with E-state index < -0.39 is 21.4 Å². The molecule has 0 fully saturated rings. The number of nitrogens with one attached hydrogen (secondary N) is 1. The van der Waals surface area contributed by atoms with Crippen LogP contribution in [0.25, 0.3) is 17.1 Å². The summed E-state index contributed by atoms with van der Waals surface area (Å²) in [6.07, 6.45) is 5.44. The normalized spacial score (nSPS) is 13.1. The van der Waals surface area contributed by atoms with E-state index in [0.717, 1.165) is 0 Å². The molecule has 0 unspecified atom stereocenters. The van der Waals surface area contributed by atoms with Gasteiger partial charge in [0, 0.05) is 30.8 Å². The summed E-state index contributed by atoms with van der Waals surface area (Å²) in [7, 11) is -1.08. The highest BCUT2D eigenvalue weighted by molar-refractivity contribution is 7.93. The molecule has 0 saturated heterocycles. The number of benzene rings is 1. The third-order valence-electron chi connectivity index (χ3n) is 5.80. The Hall–Kier alpha value is -4.10. The summed E-state index contributed by atoms with van der Waals surface area (Å²) in [5, 5.41) is 7.42. The molecule has 12 nitrogen and oxygen atoms in total. The van der Waals surface area contributed by atoms with Crippen molar-refractivity contribution in [3.8, 4) is 28.6 Å². The number of nitrogens with zero attached hydrogens (tertiary/aromatic N) is 6. The highest BCUT2D eigenvalue weighted by Crippen LogP contribution is 2.38. The number of methoxy groups -OCH3 is 2. The second kappa shape index (κ2) is 11.5. The molecule has 0 amide bonds. The zero-order chi connectivity index (χ0) is 27.3. The lowest BCUT2D eigenvalue weighted by Crippen LogP contribution is -2.33. The molecule has 0 saturated carbocycles. The molecule has 0 bridgehead atoms. The van der Waals surface area contributed by atoms with Crippen molar-refractivity contribution < 1.29 is 22.6 Å². The van der Waals surface area contributed by atoms with Crippen LogP contribution in [0.4, 0.5) is 5.95 Å². The van der Waals surface area contributed by atoms with Gasteiger partial charge in [0.15, 0.2) is 5.82 Å². The van der Waals surface area contributed by atoms with Crippen molar-refractivity contribution in [3.63, 3.8) is 0 Å². The van der Waals surface area contributed by atoms with Gasteiger partial charge in [-0.15, -0.1) is 10.2 Å². The number of aromatic nitrogens is 6. The van der Waals surface area contributed by atoms with Crippen LogP contribution < -0.4 is 14.2 Å². The quantitative estimate of drug-likeness (QED) is 0.301. The van der Waals surface area contributed by atoms with Gasteiger partial charge in [-0.25, -0.2) is 8.42 Å². The van der Waals surface area contributed by atoms with Crippen molar-refractivity contribution in [1.82, 2.24) is 29.7 Å². The maximum Gasteiger partial charge on any atom is 0.243 e. The second-order valence-corrected chi connectivity index (χ2v) is 10.3. The molecule has 2 atom stereocenters. The summed E-state index contributed by atoms with van der Waals surface area (Å²) in [4.78, 5) is 12.7. The number of sulfonamides is 1. The van der Waals surface area contributed by atoms with Crippen molar-refractivity contribution in [1.29, 1.82) is 0 Å². The predicted octanol–water partition coefficient (Wildman–Crippen LogP) is 3.35. The number of anilines is 1. The Bertz CT molecular complexity index is 1460. The third-order valence-corrected chi connectivity index (χ3v) is 7.49. The van der Waals surface area contributed by atoms with Crippen LogP contribution >= 0.6 is 0 Å². The molecular formula is C25H29N7O5S. The minimum atomic E-state index is -4.09. The van der Waals surface area contributed by atoms with Crippen molar-refractivity contribution in [2.75, 3.05) is 25.5 Å². The first-order valence-corrected chi connectivity index (χ1v) is 13.3. The lowest BCUT2D eigenvalue weighted by molar-refractivity contribution is 0.0588. The highest BCUT2D eigenvalue weighted by Gasteiger charge is 2.35. The van der Waals surface area contributed by atoms with Crippen LogP contribution in [0.15, 0.2) is 55.1 Å². The topological polar surface area (TPSA) is 143 Å². The average molecular weight is 540 g/mol. The number of ether oxygens (including phenoxy) is 3. The van der Waals surface area contributed by atoms with Gasteiger partial charge in [-0.05, 0) is 45.0 Å². The molecule has 0 aliphatic carbocycles. The first kappa shape index (κ1) is 26.9. The Kier molecular flexibility index (Phi) is 8.17. The molecule has 0 aliphatic rings. The second-order valence-electron chi connectivity index (χ2n) is 8.25. The van der Waals surface area contributed by atoms with E-state index in [9.17, 15) is 8.42 Å². The smallest absolute Gasteiger partial charge is 0.243 e. The van der Waals surface area contributed by atoms with Crippen molar-refractivity contribution in [2.45, 2.75) is 32.1 Å². The number of aryl methyl sites for hydroxylation is 1. The van der Waals surface area contributed by atoms with Gasteiger partial charge in [-0.3, -0.25) is 24.2 Å². The van der Waals surface area contributed by atoms with Crippen LogP contribution in [0.5, 0.6) is 11.5 Å². The zero-order valence-corrected chi connectivity index (χ0v) is 22.5. The van der Waals surface area contributed by atoms with Crippen LogP contribution in [0.1, 0.15) is 31.3 Å². The van der Waals surface area contributed by atoms with Crippen molar-refractivity contribution >= 4 is 16.0 Å². The first-order chi connectivity index (χ1) is 18.3. The van der Waals surface area contributed by atoms with Crippen molar-refractivity contribution in [3.05, 3.63) is 66.5 Å². The molecule has 4 rings (SSSR count). The molecule has 38 heavy (non-hydrogen) atoms. The van der Waals surface area contributed by atoms with E-state index in [1.165, 1.54) is 31.9 Å².